The molecule has 1 unspecified atom stereocenters. The second kappa shape index (κ2) is 7.16. The largest absolute Gasteiger partial charge is 0.331 e. The number of para-hydroxylation sites is 2. The third-order valence-corrected chi connectivity index (χ3v) is 5.47. The van der Waals surface area contributed by atoms with E-state index in [0.717, 1.165) is 49.0 Å². The molecule has 1 saturated heterocycles. The van der Waals surface area contributed by atoms with Crippen molar-refractivity contribution in [1.29, 1.82) is 0 Å². The molecule has 130 valence electrons. The Morgan fingerprint density at radius 3 is 2.80 bits per heavy atom. The molecule has 0 aliphatic carbocycles. The highest BCUT2D eigenvalue weighted by Gasteiger charge is 2.25. The van der Waals surface area contributed by atoms with Crippen molar-refractivity contribution in [3.05, 3.63) is 64.9 Å². The van der Waals surface area contributed by atoms with Crippen LogP contribution in [0.25, 0.3) is 11.0 Å². The number of hydrogen-bond acceptors (Lipinski definition) is 3. The maximum atomic E-state index is 6.45. The van der Waals surface area contributed by atoms with Crippen LogP contribution in [0.3, 0.4) is 0 Å². The van der Waals surface area contributed by atoms with Crippen molar-refractivity contribution in [2.45, 2.75) is 12.5 Å². The molecule has 0 spiro atoms. The van der Waals surface area contributed by atoms with Gasteiger partial charge < -0.3 is 9.88 Å². The van der Waals surface area contributed by atoms with Gasteiger partial charge in [0.05, 0.1) is 11.0 Å². The fourth-order valence-corrected chi connectivity index (χ4v) is 3.99. The minimum absolute atomic E-state index is 0.317. The molecular formula is C20H23ClN4. The summed E-state index contributed by atoms with van der Waals surface area (Å²) >= 11 is 6.45. The topological polar surface area (TPSA) is 33.1 Å². The first-order valence-corrected chi connectivity index (χ1v) is 9.21. The zero-order valence-electron chi connectivity index (χ0n) is 14.5. The number of nitrogens with zero attached hydrogens (tertiary/aromatic N) is 3. The molecule has 25 heavy (non-hydrogen) atoms. The average Bonchev–Trinajstić information content (AvgIpc) is 2.97. The highest BCUT2D eigenvalue weighted by Crippen LogP contribution is 2.28. The zero-order valence-corrected chi connectivity index (χ0v) is 15.2. The van der Waals surface area contributed by atoms with Gasteiger partial charge in [0.15, 0.2) is 0 Å². The second-order valence-electron chi connectivity index (χ2n) is 6.60. The molecule has 0 radical (unpaired) electrons. The van der Waals surface area contributed by atoms with Crippen LogP contribution in [0, 0.1) is 0 Å². The molecule has 4 nitrogen and oxygen atoms in total. The van der Waals surface area contributed by atoms with Crippen molar-refractivity contribution in [1.82, 2.24) is 19.8 Å². The van der Waals surface area contributed by atoms with Crippen LogP contribution in [-0.4, -0.2) is 40.6 Å². The molecule has 1 aromatic heterocycles. The van der Waals surface area contributed by atoms with Gasteiger partial charge in [0.25, 0.3) is 0 Å². The summed E-state index contributed by atoms with van der Waals surface area (Å²) in [6, 6.07) is 16.8. The van der Waals surface area contributed by atoms with Crippen LogP contribution in [0.1, 0.15) is 17.4 Å². The van der Waals surface area contributed by atoms with Crippen molar-refractivity contribution in [2.24, 2.45) is 7.05 Å². The smallest absolute Gasteiger partial charge is 0.110 e. The zero-order chi connectivity index (χ0) is 17.2. The molecule has 5 heteroatoms. The Hall–Kier alpha value is -1.88. The van der Waals surface area contributed by atoms with E-state index >= 15 is 0 Å². The van der Waals surface area contributed by atoms with E-state index in [-0.39, 0.29) is 0 Å². The Morgan fingerprint density at radius 2 is 1.96 bits per heavy atom. The first kappa shape index (κ1) is 16.6. The molecule has 1 aliphatic rings. The maximum Gasteiger partial charge on any atom is 0.110 e. The van der Waals surface area contributed by atoms with Gasteiger partial charge >= 0.3 is 0 Å². The fraction of sp³-hybridized carbons (Fsp3) is 0.350. The molecule has 1 N–H and O–H groups in total. The molecular weight excluding hydrogens is 332 g/mol. The van der Waals surface area contributed by atoms with Gasteiger partial charge in [-0.05, 0) is 23.8 Å². The molecule has 0 bridgehead atoms. The molecule has 0 amide bonds. The number of nitrogens with one attached hydrogen (secondary N) is 1. The number of halogens is 1. The summed E-state index contributed by atoms with van der Waals surface area (Å²) in [7, 11) is 2.11. The highest BCUT2D eigenvalue weighted by molar-refractivity contribution is 6.31. The fourth-order valence-electron chi connectivity index (χ4n) is 3.73. The normalized spacial score (nSPS) is 18.7. The van der Waals surface area contributed by atoms with Gasteiger partial charge in [0, 0.05) is 50.7 Å². The summed E-state index contributed by atoms with van der Waals surface area (Å²) in [5.74, 6) is 1.14. The number of benzene rings is 2. The van der Waals surface area contributed by atoms with Gasteiger partial charge in [-0.25, -0.2) is 4.98 Å². The molecule has 2 heterocycles. The lowest BCUT2D eigenvalue weighted by molar-refractivity contribution is 0.163. The number of aromatic nitrogens is 2. The molecule has 1 aliphatic heterocycles. The Labute approximate surface area is 153 Å². The van der Waals surface area contributed by atoms with E-state index in [0.29, 0.717) is 6.04 Å². The highest BCUT2D eigenvalue weighted by atomic mass is 35.5. The quantitative estimate of drug-likeness (QED) is 0.779. The van der Waals surface area contributed by atoms with Crippen molar-refractivity contribution in [3.8, 4) is 0 Å². The summed E-state index contributed by atoms with van der Waals surface area (Å²) in [5.41, 5.74) is 3.48. The van der Waals surface area contributed by atoms with Crippen LogP contribution >= 0.6 is 11.6 Å². The van der Waals surface area contributed by atoms with E-state index in [1.807, 2.05) is 18.2 Å². The lowest BCUT2D eigenvalue weighted by atomic mass is 10.0. The van der Waals surface area contributed by atoms with E-state index in [1.165, 1.54) is 11.1 Å². The van der Waals surface area contributed by atoms with Crippen molar-refractivity contribution in [2.75, 3.05) is 26.2 Å². The van der Waals surface area contributed by atoms with Crippen molar-refractivity contribution in [3.63, 3.8) is 0 Å². The van der Waals surface area contributed by atoms with Gasteiger partial charge in [0.2, 0.25) is 0 Å². The summed E-state index contributed by atoms with van der Waals surface area (Å²) in [5, 5.41) is 4.35. The Balaban J connectivity index is 1.54. The van der Waals surface area contributed by atoms with Crippen LogP contribution in [0.15, 0.2) is 48.5 Å². The predicted molar refractivity (Wildman–Crippen MR) is 103 cm³/mol. The van der Waals surface area contributed by atoms with Crippen molar-refractivity contribution < 1.29 is 0 Å². The maximum absolute atomic E-state index is 6.45. The summed E-state index contributed by atoms with van der Waals surface area (Å²) in [6.45, 7) is 3.96. The monoisotopic (exact) mass is 354 g/mol. The molecule has 0 saturated carbocycles. The first-order valence-electron chi connectivity index (χ1n) is 8.83. The summed E-state index contributed by atoms with van der Waals surface area (Å²) in [6.07, 6.45) is 0.937. The lowest BCUT2D eigenvalue weighted by Crippen LogP contribution is -2.46. The number of rotatable bonds is 4. The van der Waals surface area contributed by atoms with Gasteiger partial charge in [-0.3, -0.25) is 4.90 Å². The Morgan fingerprint density at radius 1 is 1.16 bits per heavy atom. The van der Waals surface area contributed by atoms with Gasteiger partial charge in [-0.2, -0.15) is 0 Å². The number of fused-ring (bicyclic) bond motifs is 1. The number of piperazine rings is 1. The Kier molecular flexibility index (Phi) is 4.75. The minimum Gasteiger partial charge on any atom is -0.331 e. The second-order valence-corrected chi connectivity index (χ2v) is 7.01. The van der Waals surface area contributed by atoms with E-state index < -0.39 is 0 Å². The molecule has 3 aromatic rings. The predicted octanol–water partition coefficient (Wildman–Crippen LogP) is 3.42. The van der Waals surface area contributed by atoms with E-state index in [1.54, 1.807) is 0 Å². The van der Waals surface area contributed by atoms with E-state index in [4.69, 9.17) is 16.6 Å². The summed E-state index contributed by atoms with van der Waals surface area (Å²) in [4.78, 5) is 7.33. The molecule has 1 atom stereocenters. The van der Waals surface area contributed by atoms with Crippen LogP contribution in [0.5, 0.6) is 0 Å². The van der Waals surface area contributed by atoms with Gasteiger partial charge in [-0.15, -0.1) is 0 Å². The third kappa shape index (κ3) is 3.30. The van der Waals surface area contributed by atoms with E-state index in [2.05, 4.69) is 52.2 Å². The van der Waals surface area contributed by atoms with Crippen LogP contribution < -0.4 is 5.32 Å². The van der Waals surface area contributed by atoms with Crippen LogP contribution in [0.2, 0.25) is 5.02 Å². The standard InChI is InChI=1S/C20H23ClN4/c1-24-18-9-5-4-8-17(18)23-20(24)10-12-25-13-11-22-14-19(25)15-6-2-3-7-16(15)21/h2-9,19,22H,10-14H2,1H3. The first-order chi connectivity index (χ1) is 12.2. The molecule has 1 fully saturated rings. The number of imidazole rings is 1. The Bertz CT molecular complexity index is 873. The molecule has 2 aromatic carbocycles. The van der Waals surface area contributed by atoms with Gasteiger partial charge in [0.1, 0.15) is 5.82 Å². The minimum atomic E-state index is 0.317. The average molecular weight is 355 g/mol. The number of hydrogen-bond donors (Lipinski definition) is 1. The number of aryl methyl sites for hydroxylation is 1. The lowest BCUT2D eigenvalue weighted by Gasteiger charge is -2.36. The summed E-state index contributed by atoms with van der Waals surface area (Å²) < 4.78 is 2.21. The third-order valence-electron chi connectivity index (χ3n) is 5.12. The SMILES string of the molecule is Cn1c(CCN2CCNCC2c2ccccc2Cl)nc2ccccc21. The molecule has 4 rings (SSSR count). The van der Waals surface area contributed by atoms with Crippen molar-refractivity contribution >= 4 is 22.6 Å². The van der Waals surface area contributed by atoms with E-state index in [9.17, 15) is 0 Å². The van der Waals surface area contributed by atoms with Gasteiger partial charge in [-0.1, -0.05) is 41.9 Å². The van der Waals surface area contributed by atoms with Crippen LogP contribution in [0.4, 0.5) is 0 Å². The van der Waals surface area contributed by atoms with Crippen LogP contribution in [-0.2, 0) is 13.5 Å².